The molecule has 1 aliphatic rings. The van der Waals surface area contributed by atoms with E-state index in [-0.39, 0.29) is 48.4 Å². The first-order valence-corrected chi connectivity index (χ1v) is 11.0. The molecule has 0 bridgehead atoms. The smallest absolute Gasteiger partial charge is 0.258 e. The summed E-state index contributed by atoms with van der Waals surface area (Å²) in [6.45, 7) is 5.64. The summed E-state index contributed by atoms with van der Waals surface area (Å²) in [5.74, 6) is 1.54. The number of carbonyl (C=O) groups is 1. The van der Waals surface area contributed by atoms with E-state index in [2.05, 4.69) is 20.9 Å². The third-order valence-corrected chi connectivity index (χ3v) is 4.68. The van der Waals surface area contributed by atoms with Gasteiger partial charge in [0.1, 0.15) is 23.4 Å². The number of carbonyl (C=O) groups excluding carboxylic acids is 1. The summed E-state index contributed by atoms with van der Waals surface area (Å²) in [4.78, 5) is 16.4. The average Bonchev–Trinajstić information content (AvgIpc) is 3.60. The Balaban J connectivity index is 0.00000385. The van der Waals surface area contributed by atoms with Gasteiger partial charge in [-0.2, -0.15) is 0 Å². The zero-order valence-corrected chi connectivity index (χ0v) is 21.3. The summed E-state index contributed by atoms with van der Waals surface area (Å²) in [6, 6.07) is 13.9. The molecule has 1 aliphatic carbocycles. The van der Waals surface area contributed by atoms with Crippen molar-refractivity contribution in [2.24, 2.45) is 4.99 Å². The van der Waals surface area contributed by atoms with E-state index in [1.165, 1.54) is 12.1 Å². The number of hydrogen-bond donors (Lipinski definition) is 3. The van der Waals surface area contributed by atoms with Crippen molar-refractivity contribution in [1.82, 2.24) is 16.0 Å². The highest BCUT2D eigenvalue weighted by Gasteiger charge is 2.23. The van der Waals surface area contributed by atoms with E-state index >= 15 is 0 Å². The summed E-state index contributed by atoms with van der Waals surface area (Å²) in [7, 11) is 0. The molecule has 2 aromatic carbocycles. The van der Waals surface area contributed by atoms with Crippen LogP contribution in [0.1, 0.15) is 32.3 Å². The Morgan fingerprint density at radius 3 is 2.61 bits per heavy atom. The third-order valence-electron chi connectivity index (χ3n) is 4.68. The van der Waals surface area contributed by atoms with Crippen molar-refractivity contribution in [2.45, 2.75) is 45.4 Å². The molecule has 33 heavy (non-hydrogen) atoms. The quantitative estimate of drug-likeness (QED) is 0.219. The van der Waals surface area contributed by atoms with Crippen LogP contribution in [0.5, 0.6) is 11.5 Å². The first-order valence-electron chi connectivity index (χ1n) is 11.0. The predicted molar refractivity (Wildman–Crippen MR) is 138 cm³/mol. The Kier molecular flexibility index (Phi) is 11.2. The molecule has 0 aromatic heterocycles. The highest BCUT2D eigenvalue weighted by Crippen LogP contribution is 2.19. The normalized spacial score (nSPS) is 14.0. The summed E-state index contributed by atoms with van der Waals surface area (Å²) in [5, 5.41) is 9.37. The van der Waals surface area contributed by atoms with E-state index in [1.54, 1.807) is 12.1 Å². The molecular weight excluding hydrogens is 538 g/mol. The van der Waals surface area contributed by atoms with E-state index in [0.717, 1.165) is 24.9 Å². The molecule has 0 spiro atoms. The van der Waals surface area contributed by atoms with Gasteiger partial charge >= 0.3 is 0 Å². The molecule has 1 atom stereocenters. The molecule has 180 valence electrons. The van der Waals surface area contributed by atoms with Crippen LogP contribution in [0.15, 0.2) is 53.5 Å². The number of guanidine groups is 1. The van der Waals surface area contributed by atoms with Crippen molar-refractivity contribution in [1.29, 1.82) is 0 Å². The second-order valence-corrected chi connectivity index (χ2v) is 7.74. The van der Waals surface area contributed by atoms with Gasteiger partial charge in [-0.3, -0.25) is 4.79 Å². The zero-order valence-electron chi connectivity index (χ0n) is 19.0. The van der Waals surface area contributed by atoms with Crippen molar-refractivity contribution in [3.05, 3.63) is 59.9 Å². The summed E-state index contributed by atoms with van der Waals surface area (Å²) >= 11 is 0. The second-order valence-electron chi connectivity index (χ2n) is 7.74. The van der Waals surface area contributed by atoms with Crippen LogP contribution in [0.25, 0.3) is 0 Å². The van der Waals surface area contributed by atoms with Crippen LogP contribution in [0.2, 0.25) is 0 Å². The molecule has 0 aliphatic heterocycles. The topological polar surface area (TPSA) is 84.0 Å². The molecule has 3 rings (SSSR count). The highest BCUT2D eigenvalue weighted by molar-refractivity contribution is 14.0. The van der Waals surface area contributed by atoms with E-state index in [1.807, 2.05) is 38.1 Å². The lowest BCUT2D eigenvalue weighted by molar-refractivity contribution is -0.123. The van der Waals surface area contributed by atoms with Crippen LogP contribution in [0.3, 0.4) is 0 Å². The van der Waals surface area contributed by atoms with Crippen molar-refractivity contribution >= 4 is 35.8 Å². The molecule has 3 N–H and O–H groups in total. The van der Waals surface area contributed by atoms with E-state index in [4.69, 9.17) is 9.47 Å². The van der Waals surface area contributed by atoms with Crippen LogP contribution in [-0.2, 0) is 11.3 Å². The molecule has 1 unspecified atom stereocenters. The van der Waals surface area contributed by atoms with Crippen molar-refractivity contribution in [3.63, 3.8) is 0 Å². The Morgan fingerprint density at radius 2 is 1.91 bits per heavy atom. The minimum Gasteiger partial charge on any atom is -0.489 e. The lowest BCUT2D eigenvalue weighted by Gasteiger charge is -2.17. The standard InChI is InChI=1S/C24H31FN4O3.HI/c1-3-26-24(27-14-17(2)32-21-11-7-19(25)8-12-21)28-15-18-5-4-6-22(13-18)31-16-23(30)29-20-9-10-20;/h4-8,11-13,17,20H,3,9-10,14-16H2,1-2H3,(H,29,30)(H2,26,27,28);1H. The van der Waals surface area contributed by atoms with Gasteiger partial charge in [-0.1, -0.05) is 12.1 Å². The highest BCUT2D eigenvalue weighted by atomic mass is 127. The monoisotopic (exact) mass is 570 g/mol. The maximum Gasteiger partial charge on any atom is 0.258 e. The fourth-order valence-electron chi connectivity index (χ4n) is 2.92. The molecular formula is C24H32FIN4O3. The van der Waals surface area contributed by atoms with Crippen molar-refractivity contribution in [2.75, 3.05) is 19.7 Å². The van der Waals surface area contributed by atoms with E-state index < -0.39 is 0 Å². The number of halogens is 2. The van der Waals surface area contributed by atoms with Crippen LogP contribution < -0.4 is 25.4 Å². The lowest BCUT2D eigenvalue weighted by Crippen LogP contribution is -2.41. The number of benzene rings is 2. The number of nitrogens with zero attached hydrogens (tertiary/aromatic N) is 1. The number of rotatable bonds is 11. The van der Waals surface area contributed by atoms with E-state index in [0.29, 0.717) is 36.6 Å². The van der Waals surface area contributed by atoms with Gasteiger partial charge in [0.15, 0.2) is 12.6 Å². The first-order chi connectivity index (χ1) is 15.5. The van der Waals surface area contributed by atoms with Crippen molar-refractivity contribution < 1.29 is 18.7 Å². The largest absolute Gasteiger partial charge is 0.489 e. The van der Waals surface area contributed by atoms with Gasteiger partial charge in [-0.05, 0) is 68.7 Å². The summed E-state index contributed by atoms with van der Waals surface area (Å²) < 4.78 is 24.4. The Hall–Kier alpha value is -2.56. The van der Waals surface area contributed by atoms with Gasteiger partial charge in [-0.15, -0.1) is 24.0 Å². The Bertz CT molecular complexity index is 907. The van der Waals surface area contributed by atoms with Gasteiger partial charge < -0.3 is 25.4 Å². The molecule has 0 saturated heterocycles. The number of aliphatic imine (C=N–C) groups is 1. The molecule has 7 nitrogen and oxygen atoms in total. The van der Waals surface area contributed by atoms with Gasteiger partial charge in [0.05, 0.1) is 13.1 Å². The first kappa shape index (κ1) is 26.7. The van der Waals surface area contributed by atoms with Gasteiger partial charge in [0, 0.05) is 12.6 Å². The number of nitrogens with one attached hydrogen (secondary N) is 3. The summed E-state index contributed by atoms with van der Waals surface area (Å²) in [6.07, 6.45) is 1.97. The molecule has 1 fully saturated rings. The fraction of sp³-hybridized carbons (Fsp3) is 0.417. The molecule has 2 aromatic rings. The Morgan fingerprint density at radius 1 is 1.15 bits per heavy atom. The average molecular weight is 570 g/mol. The minimum atomic E-state index is -0.291. The van der Waals surface area contributed by atoms with E-state index in [9.17, 15) is 9.18 Å². The fourth-order valence-corrected chi connectivity index (χ4v) is 2.92. The van der Waals surface area contributed by atoms with Crippen molar-refractivity contribution in [3.8, 4) is 11.5 Å². The minimum absolute atomic E-state index is 0. The molecule has 0 heterocycles. The lowest BCUT2D eigenvalue weighted by atomic mass is 10.2. The number of hydrogen-bond acceptors (Lipinski definition) is 4. The van der Waals surface area contributed by atoms with Crippen LogP contribution >= 0.6 is 24.0 Å². The molecule has 1 saturated carbocycles. The zero-order chi connectivity index (χ0) is 22.8. The van der Waals surface area contributed by atoms with Gasteiger partial charge in [0.25, 0.3) is 5.91 Å². The number of amides is 1. The third kappa shape index (κ3) is 10.3. The SMILES string of the molecule is CCNC(=NCc1cccc(OCC(=O)NC2CC2)c1)NCC(C)Oc1ccc(F)cc1.I. The van der Waals surface area contributed by atoms with Crippen LogP contribution in [0.4, 0.5) is 4.39 Å². The molecule has 9 heteroatoms. The Labute approximate surface area is 211 Å². The second kappa shape index (κ2) is 13.9. The number of ether oxygens (including phenoxy) is 2. The van der Waals surface area contributed by atoms with Gasteiger partial charge in [-0.25, -0.2) is 9.38 Å². The molecule has 0 radical (unpaired) electrons. The predicted octanol–water partition coefficient (Wildman–Crippen LogP) is 3.62. The maximum absolute atomic E-state index is 13.0. The maximum atomic E-state index is 13.0. The van der Waals surface area contributed by atoms with Crippen LogP contribution in [0, 0.1) is 5.82 Å². The van der Waals surface area contributed by atoms with Crippen LogP contribution in [-0.4, -0.2) is 43.7 Å². The van der Waals surface area contributed by atoms with Gasteiger partial charge in [0.2, 0.25) is 0 Å². The molecule has 1 amide bonds. The summed E-state index contributed by atoms with van der Waals surface area (Å²) in [5.41, 5.74) is 0.970.